The number of pyridine rings is 1. The summed E-state index contributed by atoms with van der Waals surface area (Å²) < 4.78 is 1.38. The van der Waals surface area contributed by atoms with Crippen LogP contribution in [-0.4, -0.2) is 52.2 Å². The highest BCUT2D eigenvalue weighted by atomic mass is 16.4. The third-order valence-corrected chi connectivity index (χ3v) is 5.74. The Balaban J connectivity index is 1.41. The van der Waals surface area contributed by atoms with Gasteiger partial charge in [-0.25, -0.2) is 4.98 Å². The molecule has 3 saturated heterocycles. The SMILES string of the molecule is O/N=C/c1nc(CCCCC[N+]23CCC(CC2)CC3)ccc1O. The van der Waals surface area contributed by atoms with E-state index in [9.17, 15) is 5.11 Å². The number of rotatable bonds is 7. The average molecular weight is 318 g/mol. The Morgan fingerprint density at radius 3 is 2.57 bits per heavy atom. The van der Waals surface area contributed by atoms with Crippen molar-refractivity contribution in [1.82, 2.24) is 4.98 Å². The molecule has 126 valence electrons. The summed E-state index contributed by atoms with van der Waals surface area (Å²) >= 11 is 0. The number of fused-ring (bicyclic) bond motifs is 3. The van der Waals surface area contributed by atoms with Crippen LogP contribution in [0.25, 0.3) is 0 Å². The summed E-state index contributed by atoms with van der Waals surface area (Å²) in [6, 6.07) is 3.47. The highest BCUT2D eigenvalue weighted by Crippen LogP contribution is 2.33. The van der Waals surface area contributed by atoms with E-state index in [0.29, 0.717) is 5.69 Å². The number of nitrogens with zero attached hydrogens (tertiary/aromatic N) is 3. The highest BCUT2D eigenvalue weighted by molar-refractivity contribution is 5.80. The molecule has 0 unspecified atom stereocenters. The standard InChI is InChI=1S/C18H27N3O2/c22-18-6-5-16(20-17(18)14-19-23)4-2-1-3-10-21-11-7-15(8-12-21)9-13-21/h5-6,14-15H,1-4,7-13H2,(H-,19,20,22,23)/p+1. The van der Waals surface area contributed by atoms with Crippen molar-refractivity contribution in [3.63, 3.8) is 0 Å². The van der Waals surface area contributed by atoms with Crippen LogP contribution < -0.4 is 0 Å². The van der Waals surface area contributed by atoms with E-state index in [1.165, 1.54) is 69.0 Å². The molecule has 0 spiro atoms. The van der Waals surface area contributed by atoms with Crippen LogP contribution in [0.3, 0.4) is 0 Å². The van der Waals surface area contributed by atoms with E-state index >= 15 is 0 Å². The van der Waals surface area contributed by atoms with Crippen molar-refractivity contribution in [1.29, 1.82) is 0 Å². The summed E-state index contributed by atoms with van der Waals surface area (Å²) in [6.45, 7) is 5.58. The maximum Gasteiger partial charge on any atom is 0.142 e. The van der Waals surface area contributed by atoms with E-state index in [-0.39, 0.29) is 5.75 Å². The molecule has 3 fully saturated rings. The second-order valence-corrected chi connectivity index (χ2v) is 7.23. The van der Waals surface area contributed by atoms with Gasteiger partial charge in [0.1, 0.15) is 11.4 Å². The Morgan fingerprint density at radius 2 is 1.87 bits per heavy atom. The second-order valence-electron chi connectivity index (χ2n) is 7.23. The van der Waals surface area contributed by atoms with Gasteiger partial charge in [0.15, 0.2) is 0 Å². The molecule has 0 radical (unpaired) electrons. The van der Waals surface area contributed by atoms with Crippen LogP contribution in [0.15, 0.2) is 17.3 Å². The smallest absolute Gasteiger partial charge is 0.142 e. The molecule has 5 heteroatoms. The van der Waals surface area contributed by atoms with E-state index in [4.69, 9.17) is 5.21 Å². The summed E-state index contributed by atoms with van der Waals surface area (Å²) in [6.07, 6.45) is 10.1. The zero-order chi connectivity index (χ0) is 16.1. The molecule has 0 amide bonds. The Labute approximate surface area is 138 Å². The first-order valence-corrected chi connectivity index (χ1v) is 8.92. The number of quaternary nitrogens is 1. The molecule has 2 N–H and O–H groups in total. The molecule has 0 saturated carbocycles. The van der Waals surface area contributed by atoms with Gasteiger partial charge in [-0.1, -0.05) is 5.16 Å². The lowest BCUT2D eigenvalue weighted by atomic mass is 9.85. The monoisotopic (exact) mass is 318 g/mol. The summed E-state index contributed by atoms with van der Waals surface area (Å²) in [4.78, 5) is 4.32. The molecule has 0 atom stereocenters. The van der Waals surface area contributed by atoms with E-state index in [0.717, 1.165) is 24.5 Å². The summed E-state index contributed by atoms with van der Waals surface area (Å²) in [7, 11) is 0. The van der Waals surface area contributed by atoms with Gasteiger partial charge in [-0.15, -0.1) is 0 Å². The van der Waals surface area contributed by atoms with Gasteiger partial charge in [-0.3, -0.25) is 0 Å². The Bertz CT molecular complexity index is 537. The Hall–Kier alpha value is -1.62. The third-order valence-electron chi connectivity index (χ3n) is 5.74. The van der Waals surface area contributed by atoms with Crippen molar-refractivity contribution in [2.24, 2.45) is 11.1 Å². The van der Waals surface area contributed by atoms with Crippen LogP contribution in [-0.2, 0) is 6.42 Å². The van der Waals surface area contributed by atoms with Gasteiger partial charge >= 0.3 is 0 Å². The number of aromatic nitrogens is 1. The van der Waals surface area contributed by atoms with Gasteiger partial charge in [0, 0.05) is 5.69 Å². The molecule has 1 aromatic rings. The number of aromatic hydroxyl groups is 1. The number of hydrogen-bond acceptors (Lipinski definition) is 4. The van der Waals surface area contributed by atoms with Crippen LogP contribution in [0.4, 0.5) is 0 Å². The molecular formula is C18H28N3O2+. The second kappa shape index (κ2) is 7.30. The predicted octanol–water partition coefficient (Wildman–Crippen LogP) is 2.94. The van der Waals surface area contributed by atoms with E-state index in [2.05, 4.69) is 10.1 Å². The predicted molar refractivity (Wildman–Crippen MR) is 89.9 cm³/mol. The van der Waals surface area contributed by atoms with Crippen molar-refractivity contribution in [3.05, 3.63) is 23.5 Å². The molecule has 4 heterocycles. The van der Waals surface area contributed by atoms with Gasteiger partial charge in [0.25, 0.3) is 0 Å². The number of aryl methyl sites for hydroxylation is 1. The Morgan fingerprint density at radius 1 is 1.13 bits per heavy atom. The maximum absolute atomic E-state index is 9.61. The minimum atomic E-state index is 0.0517. The van der Waals surface area contributed by atoms with E-state index < -0.39 is 0 Å². The number of unbranched alkanes of at least 4 members (excludes halogenated alkanes) is 2. The van der Waals surface area contributed by atoms with Gasteiger partial charge in [-0.05, 0) is 63.0 Å². The summed E-state index contributed by atoms with van der Waals surface area (Å²) in [5.74, 6) is 1.09. The van der Waals surface area contributed by atoms with E-state index in [1.54, 1.807) is 6.07 Å². The third kappa shape index (κ3) is 4.02. The fourth-order valence-electron chi connectivity index (χ4n) is 4.20. The normalized spacial score (nSPS) is 26.9. The molecule has 0 aliphatic carbocycles. The molecule has 23 heavy (non-hydrogen) atoms. The maximum atomic E-state index is 9.61. The Kier molecular flexibility index (Phi) is 5.16. The molecule has 4 rings (SSSR count). The number of piperidine rings is 3. The van der Waals surface area contributed by atoms with Crippen LogP contribution in [0.2, 0.25) is 0 Å². The lowest BCUT2D eigenvalue weighted by molar-refractivity contribution is -0.942. The highest BCUT2D eigenvalue weighted by Gasteiger charge is 2.38. The average Bonchev–Trinajstić information content (AvgIpc) is 2.59. The van der Waals surface area contributed by atoms with Crippen molar-refractivity contribution < 1.29 is 14.8 Å². The lowest BCUT2D eigenvalue weighted by Crippen LogP contribution is -2.58. The molecular weight excluding hydrogens is 290 g/mol. The van der Waals surface area contributed by atoms with Gasteiger partial charge < -0.3 is 14.8 Å². The number of oxime groups is 1. The van der Waals surface area contributed by atoms with Crippen molar-refractivity contribution in [3.8, 4) is 5.75 Å². The molecule has 5 nitrogen and oxygen atoms in total. The fraction of sp³-hybridized carbons (Fsp3) is 0.667. The minimum absolute atomic E-state index is 0.0517. The van der Waals surface area contributed by atoms with Gasteiger partial charge in [-0.2, -0.15) is 0 Å². The van der Waals surface area contributed by atoms with Crippen LogP contribution >= 0.6 is 0 Å². The van der Waals surface area contributed by atoms with E-state index in [1.807, 2.05) is 6.07 Å². The molecule has 1 aromatic heterocycles. The summed E-state index contributed by atoms with van der Waals surface area (Å²) in [5.41, 5.74) is 1.28. The fourth-order valence-corrected chi connectivity index (χ4v) is 4.20. The molecule has 0 aromatic carbocycles. The quantitative estimate of drug-likeness (QED) is 0.267. The molecule has 2 bridgehead atoms. The first-order chi connectivity index (χ1) is 11.2. The first kappa shape index (κ1) is 16.2. The van der Waals surface area contributed by atoms with Crippen molar-refractivity contribution >= 4 is 6.21 Å². The lowest BCUT2D eigenvalue weighted by Gasteiger charge is -2.49. The zero-order valence-electron chi connectivity index (χ0n) is 13.8. The number of hydrogen-bond donors (Lipinski definition) is 2. The minimum Gasteiger partial charge on any atom is -0.506 e. The van der Waals surface area contributed by atoms with Crippen molar-refractivity contribution in [2.45, 2.75) is 44.9 Å². The zero-order valence-corrected chi connectivity index (χ0v) is 13.8. The van der Waals surface area contributed by atoms with Crippen molar-refractivity contribution in [2.75, 3.05) is 26.2 Å². The topological polar surface area (TPSA) is 65.7 Å². The van der Waals surface area contributed by atoms with Crippen LogP contribution in [0.1, 0.15) is 49.9 Å². The molecule has 3 aliphatic rings. The van der Waals surface area contributed by atoms with Gasteiger partial charge in [0.05, 0.1) is 32.4 Å². The summed E-state index contributed by atoms with van der Waals surface area (Å²) in [5, 5.41) is 21.1. The largest absolute Gasteiger partial charge is 0.506 e. The van der Waals surface area contributed by atoms with Crippen LogP contribution in [0, 0.1) is 5.92 Å². The first-order valence-electron chi connectivity index (χ1n) is 8.92. The van der Waals surface area contributed by atoms with Gasteiger partial charge in [0.2, 0.25) is 0 Å². The molecule has 3 aliphatic heterocycles. The van der Waals surface area contributed by atoms with Crippen LogP contribution in [0.5, 0.6) is 5.75 Å².